The van der Waals surface area contributed by atoms with Crippen LogP contribution in [-0.4, -0.2) is 24.6 Å². The molecular formula is C12H18O4. The van der Waals surface area contributed by atoms with Gasteiger partial charge in [-0.1, -0.05) is 27.7 Å². The molecule has 0 aromatic rings. The van der Waals surface area contributed by atoms with Crippen LogP contribution in [0.1, 0.15) is 27.7 Å². The molecular weight excluding hydrogens is 208 g/mol. The molecule has 0 aromatic carbocycles. The zero-order chi connectivity index (χ0) is 12.3. The molecule has 90 valence electrons. The molecule has 0 N–H and O–H groups in total. The smallest absolute Gasteiger partial charge is 0.331 e. The van der Waals surface area contributed by atoms with Crippen LogP contribution in [0.4, 0.5) is 0 Å². The predicted molar refractivity (Wildman–Crippen MR) is 58.6 cm³/mol. The van der Waals surface area contributed by atoms with Gasteiger partial charge in [-0.2, -0.15) is 0 Å². The first kappa shape index (κ1) is 12.7. The van der Waals surface area contributed by atoms with Gasteiger partial charge < -0.3 is 9.47 Å². The van der Waals surface area contributed by atoms with E-state index in [0.29, 0.717) is 0 Å². The highest BCUT2D eigenvalue weighted by Gasteiger charge is 2.36. The number of carbonyl (C=O) groups is 2. The zero-order valence-corrected chi connectivity index (χ0v) is 10.1. The van der Waals surface area contributed by atoms with Gasteiger partial charge in [0.25, 0.3) is 0 Å². The van der Waals surface area contributed by atoms with Crippen LogP contribution in [0.5, 0.6) is 0 Å². The molecule has 0 radical (unpaired) electrons. The minimum absolute atomic E-state index is 0.171. The average molecular weight is 226 g/mol. The van der Waals surface area contributed by atoms with Crippen molar-refractivity contribution in [3.05, 3.63) is 12.2 Å². The Hall–Kier alpha value is -1.32. The number of hydrogen-bond acceptors (Lipinski definition) is 4. The fourth-order valence-electron chi connectivity index (χ4n) is 1.89. The monoisotopic (exact) mass is 226 g/mol. The van der Waals surface area contributed by atoms with Crippen molar-refractivity contribution >= 4 is 11.9 Å². The van der Waals surface area contributed by atoms with Crippen molar-refractivity contribution < 1.29 is 19.1 Å². The van der Waals surface area contributed by atoms with Crippen molar-refractivity contribution in [2.75, 3.05) is 6.61 Å². The second-order valence-corrected chi connectivity index (χ2v) is 5.03. The maximum absolute atomic E-state index is 11.4. The van der Waals surface area contributed by atoms with Crippen LogP contribution in [0.25, 0.3) is 0 Å². The zero-order valence-electron chi connectivity index (χ0n) is 10.1. The van der Waals surface area contributed by atoms with Gasteiger partial charge in [0.15, 0.2) is 0 Å². The Morgan fingerprint density at radius 2 is 1.81 bits per heavy atom. The van der Waals surface area contributed by atoms with E-state index in [1.807, 2.05) is 27.7 Å². The van der Waals surface area contributed by atoms with Gasteiger partial charge in [-0.3, -0.25) is 0 Å². The molecule has 0 aliphatic carbocycles. The molecule has 16 heavy (non-hydrogen) atoms. The van der Waals surface area contributed by atoms with Gasteiger partial charge in [-0.05, 0) is 5.92 Å². The Kier molecular flexibility index (Phi) is 3.73. The molecule has 0 amide bonds. The van der Waals surface area contributed by atoms with Crippen LogP contribution in [0, 0.1) is 11.3 Å². The molecule has 0 aromatic heterocycles. The summed E-state index contributed by atoms with van der Waals surface area (Å²) >= 11 is 0. The Balaban J connectivity index is 2.95. The summed E-state index contributed by atoms with van der Waals surface area (Å²) in [5.41, 5.74) is -0.383. The molecule has 0 spiro atoms. The highest BCUT2D eigenvalue weighted by molar-refractivity contribution is 5.91. The third-order valence-corrected chi connectivity index (χ3v) is 2.56. The minimum atomic E-state index is -0.505. The SMILES string of the molecule is CC(C)C1OC(=O)C=CC(=O)OCC1(C)C. The molecule has 0 fully saturated rings. The molecule has 1 aliphatic heterocycles. The van der Waals surface area contributed by atoms with Crippen molar-refractivity contribution in [1.82, 2.24) is 0 Å². The van der Waals surface area contributed by atoms with E-state index in [9.17, 15) is 9.59 Å². The number of rotatable bonds is 1. The highest BCUT2D eigenvalue weighted by Crippen LogP contribution is 2.30. The van der Waals surface area contributed by atoms with E-state index in [-0.39, 0.29) is 24.0 Å². The van der Waals surface area contributed by atoms with Crippen LogP contribution in [0.2, 0.25) is 0 Å². The van der Waals surface area contributed by atoms with Crippen LogP contribution < -0.4 is 0 Å². The quantitative estimate of drug-likeness (QED) is 0.638. The van der Waals surface area contributed by atoms with Gasteiger partial charge in [0.2, 0.25) is 0 Å². The van der Waals surface area contributed by atoms with Crippen LogP contribution >= 0.6 is 0 Å². The number of esters is 2. The summed E-state index contributed by atoms with van der Waals surface area (Å²) in [4.78, 5) is 22.6. The van der Waals surface area contributed by atoms with Gasteiger partial charge >= 0.3 is 11.9 Å². The maximum Gasteiger partial charge on any atom is 0.331 e. The molecule has 0 bridgehead atoms. The first-order chi connectivity index (χ1) is 7.33. The first-order valence-electron chi connectivity index (χ1n) is 5.38. The van der Waals surface area contributed by atoms with Gasteiger partial charge in [-0.25, -0.2) is 9.59 Å². The molecule has 4 nitrogen and oxygen atoms in total. The Labute approximate surface area is 95.6 Å². The Morgan fingerprint density at radius 3 is 2.38 bits per heavy atom. The molecule has 1 aliphatic rings. The topological polar surface area (TPSA) is 52.6 Å². The summed E-state index contributed by atoms with van der Waals surface area (Å²) in [6.45, 7) is 8.03. The molecule has 0 saturated carbocycles. The normalized spacial score (nSPS) is 25.4. The lowest BCUT2D eigenvalue weighted by atomic mass is 9.81. The van der Waals surface area contributed by atoms with E-state index in [1.54, 1.807) is 0 Å². The van der Waals surface area contributed by atoms with Crippen molar-refractivity contribution in [1.29, 1.82) is 0 Å². The van der Waals surface area contributed by atoms with E-state index < -0.39 is 11.9 Å². The molecule has 4 heteroatoms. The first-order valence-corrected chi connectivity index (χ1v) is 5.38. The van der Waals surface area contributed by atoms with E-state index in [2.05, 4.69) is 0 Å². The summed E-state index contributed by atoms with van der Waals surface area (Å²) in [5, 5.41) is 0. The summed E-state index contributed by atoms with van der Waals surface area (Å²) in [7, 11) is 0. The van der Waals surface area contributed by atoms with Crippen molar-refractivity contribution in [3.8, 4) is 0 Å². The van der Waals surface area contributed by atoms with E-state index in [1.165, 1.54) is 0 Å². The van der Waals surface area contributed by atoms with E-state index in [0.717, 1.165) is 12.2 Å². The van der Waals surface area contributed by atoms with Crippen molar-refractivity contribution in [2.24, 2.45) is 11.3 Å². The van der Waals surface area contributed by atoms with Crippen molar-refractivity contribution in [3.63, 3.8) is 0 Å². The predicted octanol–water partition coefficient (Wildman–Crippen LogP) is 1.69. The van der Waals surface area contributed by atoms with Gasteiger partial charge in [0, 0.05) is 17.6 Å². The fraction of sp³-hybridized carbons (Fsp3) is 0.667. The molecule has 1 heterocycles. The average Bonchev–Trinajstić information content (AvgIpc) is 2.22. The molecule has 1 unspecified atom stereocenters. The number of ether oxygens (including phenoxy) is 2. The van der Waals surface area contributed by atoms with Crippen LogP contribution in [0.3, 0.4) is 0 Å². The molecule has 1 rings (SSSR count). The fourth-order valence-corrected chi connectivity index (χ4v) is 1.89. The third kappa shape index (κ3) is 3.08. The molecule has 1 atom stereocenters. The maximum atomic E-state index is 11.4. The standard InChI is InChI=1S/C12H18O4/c1-8(2)11-12(3,4)7-15-9(13)5-6-10(14)16-11/h5-6,8,11H,7H2,1-4H3. The second-order valence-electron chi connectivity index (χ2n) is 5.03. The van der Waals surface area contributed by atoms with Crippen molar-refractivity contribution in [2.45, 2.75) is 33.8 Å². The summed E-state index contributed by atoms with van der Waals surface area (Å²) in [6, 6.07) is 0. The summed E-state index contributed by atoms with van der Waals surface area (Å²) < 4.78 is 10.4. The summed E-state index contributed by atoms with van der Waals surface area (Å²) in [5.74, 6) is -0.829. The van der Waals surface area contributed by atoms with E-state index >= 15 is 0 Å². The Bertz CT molecular complexity index is 315. The molecule has 0 saturated heterocycles. The van der Waals surface area contributed by atoms with Gasteiger partial charge in [0.05, 0.1) is 0 Å². The lowest BCUT2D eigenvalue weighted by molar-refractivity contribution is -0.157. The van der Waals surface area contributed by atoms with E-state index in [4.69, 9.17) is 9.47 Å². The van der Waals surface area contributed by atoms with Gasteiger partial charge in [-0.15, -0.1) is 0 Å². The lowest BCUT2D eigenvalue weighted by Gasteiger charge is -2.35. The minimum Gasteiger partial charge on any atom is -0.462 e. The number of cyclic esters (lactones) is 2. The lowest BCUT2D eigenvalue weighted by Crippen LogP contribution is -2.40. The third-order valence-electron chi connectivity index (χ3n) is 2.56. The largest absolute Gasteiger partial charge is 0.462 e. The van der Waals surface area contributed by atoms with Gasteiger partial charge in [0.1, 0.15) is 12.7 Å². The number of hydrogen-bond donors (Lipinski definition) is 0. The van der Waals surface area contributed by atoms with Crippen LogP contribution in [-0.2, 0) is 19.1 Å². The highest BCUT2D eigenvalue weighted by atomic mass is 16.6. The Morgan fingerprint density at radius 1 is 1.25 bits per heavy atom. The van der Waals surface area contributed by atoms with Crippen LogP contribution in [0.15, 0.2) is 12.2 Å². The summed E-state index contributed by atoms with van der Waals surface area (Å²) in [6.07, 6.45) is 1.94. The number of carbonyl (C=O) groups excluding carboxylic acids is 2. The second kappa shape index (κ2) is 4.68.